The summed E-state index contributed by atoms with van der Waals surface area (Å²) < 4.78 is 1.80. The first-order valence-electron chi connectivity index (χ1n) is 5.38. The van der Waals surface area contributed by atoms with Crippen molar-refractivity contribution in [2.75, 3.05) is 12.8 Å². The number of aromatic nitrogens is 3. The zero-order chi connectivity index (χ0) is 13.0. The minimum absolute atomic E-state index is 0.0919. The highest BCUT2D eigenvalue weighted by Gasteiger charge is 2.11. The fraction of sp³-hybridized carbons (Fsp3) is 0.364. The Labute approximate surface area is 114 Å². The number of hydrogen-bond acceptors (Lipinski definition) is 5. The number of carbonyl (C=O) groups is 1. The van der Waals surface area contributed by atoms with E-state index in [1.807, 2.05) is 25.5 Å². The monoisotopic (exact) mass is 282 g/mol. The number of nitrogens with zero attached hydrogens (tertiary/aromatic N) is 4. The Bertz CT molecular complexity index is 509. The van der Waals surface area contributed by atoms with Crippen molar-refractivity contribution in [1.82, 2.24) is 19.7 Å². The number of amides is 1. The third-order valence-corrected chi connectivity index (χ3v) is 4.17. The minimum Gasteiger partial charge on any atom is -0.341 e. The number of thioether (sulfide) groups is 1. The van der Waals surface area contributed by atoms with Gasteiger partial charge >= 0.3 is 0 Å². The van der Waals surface area contributed by atoms with Gasteiger partial charge in [0.15, 0.2) is 5.16 Å². The van der Waals surface area contributed by atoms with Crippen LogP contribution >= 0.6 is 23.1 Å². The molecular formula is C11H14N4OS2. The molecule has 7 heteroatoms. The van der Waals surface area contributed by atoms with Crippen molar-refractivity contribution in [2.24, 2.45) is 7.05 Å². The molecule has 0 spiro atoms. The largest absolute Gasteiger partial charge is 0.341 e. The van der Waals surface area contributed by atoms with Gasteiger partial charge in [0.2, 0.25) is 5.91 Å². The molecular weight excluding hydrogens is 268 g/mol. The molecule has 0 N–H and O–H groups in total. The first kappa shape index (κ1) is 13.1. The van der Waals surface area contributed by atoms with Gasteiger partial charge in [-0.2, -0.15) is 11.3 Å². The smallest absolute Gasteiger partial charge is 0.233 e. The van der Waals surface area contributed by atoms with E-state index in [2.05, 4.69) is 15.6 Å². The molecule has 0 aliphatic carbocycles. The molecule has 0 aliphatic rings. The lowest BCUT2D eigenvalue weighted by Gasteiger charge is -2.15. The van der Waals surface area contributed by atoms with Crippen LogP contribution in [0.5, 0.6) is 0 Å². The normalized spacial score (nSPS) is 10.6. The summed E-state index contributed by atoms with van der Waals surface area (Å²) in [5.41, 5.74) is 1.17. The van der Waals surface area contributed by atoms with E-state index in [-0.39, 0.29) is 5.91 Å². The van der Waals surface area contributed by atoms with E-state index in [0.29, 0.717) is 12.3 Å². The molecule has 0 aromatic carbocycles. The van der Waals surface area contributed by atoms with Crippen LogP contribution in [0.1, 0.15) is 5.56 Å². The minimum atomic E-state index is 0.0919. The Kier molecular flexibility index (Phi) is 4.38. The van der Waals surface area contributed by atoms with Crippen LogP contribution in [0.2, 0.25) is 0 Å². The van der Waals surface area contributed by atoms with Crippen LogP contribution in [0, 0.1) is 0 Å². The quantitative estimate of drug-likeness (QED) is 0.782. The average molecular weight is 282 g/mol. The lowest BCUT2D eigenvalue weighted by molar-refractivity contribution is -0.127. The molecule has 0 radical (unpaired) electrons. The number of aryl methyl sites for hydroxylation is 1. The Morgan fingerprint density at radius 2 is 2.44 bits per heavy atom. The lowest BCUT2D eigenvalue weighted by Crippen LogP contribution is -2.27. The molecule has 96 valence electrons. The van der Waals surface area contributed by atoms with Gasteiger partial charge in [0.25, 0.3) is 0 Å². The number of rotatable bonds is 5. The SMILES string of the molecule is CN(Cc1ccsc1)C(=O)CSc1nncn1C. The first-order chi connectivity index (χ1) is 8.66. The Balaban J connectivity index is 1.82. The molecule has 1 amide bonds. The highest BCUT2D eigenvalue weighted by Crippen LogP contribution is 2.15. The van der Waals surface area contributed by atoms with Crippen LogP contribution in [0.4, 0.5) is 0 Å². The highest BCUT2D eigenvalue weighted by atomic mass is 32.2. The summed E-state index contributed by atoms with van der Waals surface area (Å²) in [4.78, 5) is 13.7. The number of hydrogen-bond donors (Lipinski definition) is 0. The molecule has 0 saturated carbocycles. The molecule has 18 heavy (non-hydrogen) atoms. The van der Waals surface area contributed by atoms with Crippen LogP contribution in [-0.4, -0.2) is 38.4 Å². The van der Waals surface area contributed by atoms with Gasteiger partial charge in [-0.05, 0) is 22.4 Å². The molecule has 0 aliphatic heterocycles. The summed E-state index contributed by atoms with van der Waals surface area (Å²) in [6, 6.07) is 2.03. The molecule has 5 nitrogen and oxygen atoms in total. The second-order valence-corrected chi connectivity index (χ2v) is 5.62. The molecule has 2 heterocycles. The fourth-order valence-corrected chi connectivity index (χ4v) is 2.87. The highest BCUT2D eigenvalue weighted by molar-refractivity contribution is 7.99. The Morgan fingerprint density at radius 3 is 3.06 bits per heavy atom. The standard InChI is InChI=1S/C11H14N4OS2/c1-14(5-9-3-4-17-6-9)10(16)7-18-11-13-12-8-15(11)2/h3-4,6,8H,5,7H2,1-2H3. The lowest BCUT2D eigenvalue weighted by atomic mass is 10.3. The van der Waals surface area contributed by atoms with E-state index >= 15 is 0 Å². The van der Waals surface area contributed by atoms with Gasteiger partial charge in [-0.15, -0.1) is 10.2 Å². The summed E-state index contributed by atoms with van der Waals surface area (Å²) >= 11 is 3.05. The average Bonchev–Trinajstić information content (AvgIpc) is 2.98. The Morgan fingerprint density at radius 1 is 1.61 bits per heavy atom. The third kappa shape index (κ3) is 3.33. The second-order valence-electron chi connectivity index (χ2n) is 3.89. The van der Waals surface area contributed by atoms with Gasteiger partial charge in [0.1, 0.15) is 6.33 Å². The second kappa shape index (κ2) is 6.01. The molecule has 0 unspecified atom stereocenters. The first-order valence-corrected chi connectivity index (χ1v) is 7.31. The Hall–Kier alpha value is -1.34. The van der Waals surface area contributed by atoms with Crippen LogP contribution in [-0.2, 0) is 18.4 Å². The maximum Gasteiger partial charge on any atom is 0.233 e. The van der Waals surface area contributed by atoms with E-state index in [1.165, 1.54) is 17.3 Å². The van der Waals surface area contributed by atoms with E-state index in [1.54, 1.807) is 27.1 Å². The van der Waals surface area contributed by atoms with Crippen molar-refractivity contribution in [3.8, 4) is 0 Å². The maximum absolute atomic E-state index is 11.9. The van der Waals surface area contributed by atoms with Crippen LogP contribution in [0.15, 0.2) is 28.3 Å². The van der Waals surface area contributed by atoms with Crippen molar-refractivity contribution in [3.63, 3.8) is 0 Å². The van der Waals surface area contributed by atoms with Crippen molar-refractivity contribution in [2.45, 2.75) is 11.7 Å². The zero-order valence-electron chi connectivity index (χ0n) is 10.2. The number of thiophene rings is 1. The van der Waals surface area contributed by atoms with E-state index in [0.717, 1.165) is 5.16 Å². The summed E-state index contributed by atoms with van der Waals surface area (Å²) in [5.74, 6) is 0.474. The van der Waals surface area contributed by atoms with Gasteiger partial charge in [-0.1, -0.05) is 11.8 Å². The van der Waals surface area contributed by atoms with Gasteiger partial charge in [0.05, 0.1) is 5.75 Å². The summed E-state index contributed by atoms with van der Waals surface area (Å²) in [6.45, 7) is 0.654. The topological polar surface area (TPSA) is 51.0 Å². The van der Waals surface area contributed by atoms with Crippen molar-refractivity contribution in [3.05, 3.63) is 28.7 Å². The third-order valence-electron chi connectivity index (χ3n) is 2.42. The zero-order valence-corrected chi connectivity index (χ0v) is 11.9. The van der Waals surface area contributed by atoms with E-state index < -0.39 is 0 Å². The van der Waals surface area contributed by atoms with Crippen LogP contribution in [0.3, 0.4) is 0 Å². The van der Waals surface area contributed by atoms with Crippen molar-refractivity contribution in [1.29, 1.82) is 0 Å². The molecule has 0 bridgehead atoms. The molecule has 2 aromatic heterocycles. The van der Waals surface area contributed by atoms with E-state index in [4.69, 9.17) is 0 Å². The van der Waals surface area contributed by atoms with Gasteiger partial charge in [-0.3, -0.25) is 4.79 Å². The van der Waals surface area contributed by atoms with Gasteiger partial charge < -0.3 is 9.47 Å². The molecule has 0 atom stereocenters. The van der Waals surface area contributed by atoms with Gasteiger partial charge in [0, 0.05) is 20.6 Å². The molecule has 0 saturated heterocycles. The summed E-state index contributed by atoms with van der Waals surface area (Å²) in [6.07, 6.45) is 1.63. The predicted molar refractivity (Wildman–Crippen MR) is 72.5 cm³/mol. The molecule has 2 rings (SSSR count). The summed E-state index contributed by atoms with van der Waals surface area (Å²) in [5, 5.41) is 12.5. The van der Waals surface area contributed by atoms with Crippen LogP contribution < -0.4 is 0 Å². The molecule has 2 aromatic rings. The number of carbonyl (C=O) groups excluding carboxylic acids is 1. The van der Waals surface area contributed by atoms with Crippen molar-refractivity contribution >= 4 is 29.0 Å². The van der Waals surface area contributed by atoms with Crippen LogP contribution in [0.25, 0.3) is 0 Å². The maximum atomic E-state index is 11.9. The fourth-order valence-electron chi connectivity index (χ4n) is 1.38. The predicted octanol–water partition coefficient (Wildman–Crippen LogP) is 1.63. The van der Waals surface area contributed by atoms with Crippen molar-refractivity contribution < 1.29 is 4.79 Å². The van der Waals surface area contributed by atoms with Gasteiger partial charge in [-0.25, -0.2) is 0 Å². The summed E-state index contributed by atoms with van der Waals surface area (Å²) in [7, 11) is 3.68. The van der Waals surface area contributed by atoms with E-state index in [9.17, 15) is 4.79 Å². The molecule has 0 fully saturated rings.